The normalized spacial score (nSPS) is 10.8. The molecule has 0 radical (unpaired) electrons. The van der Waals surface area contributed by atoms with Crippen molar-refractivity contribution in [3.8, 4) is 10.6 Å². The number of benzene rings is 1. The van der Waals surface area contributed by atoms with Crippen LogP contribution in [0.4, 0.5) is 5.69 Å². The van der Waals surface area contributed by atoms with Gasteiger partial charge in [0.1, 0.15) is 0 Å². The Bertz CT molecular complexity index is 1380. The number of carbonyl (C=O) groups excluding carboxylic acids is 3. The Morgan fingerprint density at radius 2 is 1.97 bits per heavy atom. The molecule has 0 aliphatic rings. The van der Waals surface area contributed by atoms with Crippen LogP contribution in [-0.2, 0) is 14.3 Å². The molecule has 0 aliphatic heterocycles. The van der Waals surface area contributed by atoms with Crippen LogP contribution in [0.2, 0.25) is 5.02 Å². The molecule has 174 valence electrons. The molecule has 2 amide bonds. The maximum absolute atomic E-state index is 12.8. The first-order valence-corrected chi connectivity index (χ1v) is 11.4. The lowest BCUT2D eigenvalue weighted by Gasteiger charge is -2.10. The van der Waals surface area contributed by atoms with Gasteiger partial charge in [-0.05, 0) is 49.1 Å². The molecule has 0 atom stereocenters. The highest BCUT2D eigenvalue weighted by Gasteiger charge is 2.21. The number of aryl methyl sites for hydroxylation is 1. The molecular formula is C23H19ClN4O5S. The minimum absolute atomic E-state index is 0.189. The summed E-state index contributed by atoms with van der Waals surface area (Å²) in [7, 11) is 0. The quantitative estimate of drug-likeness (QED) is 0.367. The molecule has 0 fully saturated rings. The molecule has 3 heterocycles. The number of rotatable bonds is 7. The molecule has 0 spiro atoms. The largest absolute Gasteiger partial charge is 0.452 e. The van der Waals surface area contributed by atoms with Crippen molar-refractivity contribution in [3.05, 3.63) is 63.6 Å². The molecule has 11 heteroatoms. The van der Waals surface area contributed by atoms with Crippen LogP contribution < -0.4 is 10.6 Å². The van der Waals surface area contributed by atoms with E-state index in [4.69, 9.17) is 20.9 Å². The van der Waals surface area contributed by atoms with Gasteiger partial charge in [0.2, 0.25) is 5.91 Å². The van der Waals surface area contributed by atoms with Gasteiger partial charge in [0.05, 0.1) is 33.8 Å². The lowest BCUT2D eigenvalue weighted by atomic mass is 10.1. The predicted octanol–water partition coefficient (Wildman–Crippen LogP) is 4.13. The van der Waals surface area contributed by atoms with Crippen molar-refractivity contribution in [2.24, 2.45) is 0 Å². The Hall–Kier alpha value is -3.76. The summed E-state index contributed by atoms with van der Waals surface area (Å²) in [5, 5.41) is 11.8. The van der Waals surface area contributed by atoms with E-state index in [1.807, 2.05) is 17.5 Å². The first-order valence-electron chi connectivity index (χ1n) is 10.1. The first kappa shape index (κ1) is 23.4. The summed E-state index contributed by atoms with van der Waals surface area (Å²) in [6.07, 6.45) is 0. The Balaban J connectivity index is 1.38. The first-order chi connectivity index (χ1) is 16.3. The van der Waals surface area contributed by atoms with Crippen LogP contribution in [-0.4, -0.2) is 41.1 Å². The van der Waals surface area contributed by atoms with Crippen molar-refractivity contribution in [1.82, 2.24) is 15.5 Å². The maximum atomic E-state index is 12.8. The van der Waals surface area contributed by atoms with Gasteiger partial charge in [-0.3, -0.25) is 9.59 Å². The number of halogens is 1. The van der Waals surface area contributed by atoms with Crippen molar-refractivity contribution in [2.75, 3.05) is 18.5 Å². The third-order valence-corrected chi connectivity index (χ3v) is 6.23. The Morgan fingerprint density at radius 3 is 2.74 bits per heavy atom. The zero-order chi connectivity index (χ0) is 24.2. The van der Waals surface area contributed by atoms with E-state index in [-0.39, 0.29) is 17.8 Å². The van der Waals surface area contributed by atoms with Crippen molar-refractivity contribution < 1.29 is 23.6 Å². The van der Waals surface area contributed by atoms with Crippen LogP contribution >= 0.6 is 22.9 Å². The minimum Gasteiger partial charge on any atom is -0.452 e. The Morgan fingerprint density at radius 1 is 1.15 bits per heavy atom. The highest BCUT2D eigenvalue weighted by Crippen LogP contribution is 2.29. The van der Waals surface area contributed by atoms with E-state index in [0.29, 0.717) is 33.0 Å². The predicted molar refractivity (Wildman–Crippen MR) is 128 cm³/mol. The molecule has 4 aromatic rings. The number of thiophene rings is 1. The average molecular weight is 499 g/mol. The van der Waals surface area contributed by atoms with Crippen LogP contribution in [0.5, 0.6) is 0 Å². The van der Waals surface area contributed by atoms with Gasteiger partial charge >= 0.3 is 5.97 Å². The van der Waals surface area contributed by atoms with Crippen LogP contribution in [0.3, 0.4) is 0 Å². The number of aromatic nitrogens is 2. The van der Waals surface area contributed by atoms with Gasteiger partial charge in [-0.25, -0.2) is 9.78 Å². The molecule has 0 saturated heterocycles. The van der Waals surface area contributed by atoms with Gasteiger partial charge in [0.15, 0.2) is 6.61 Å². The summed E-state index contributed by atoms with van der Waals surface area (Å²) < 4.78 is 10.4. The monoisotopic (exact) mass is 498 g/mol. The molecule has 3 aromatic heterocycles. The van der Waals surface area contributed by atoms with Gasteiger partial charge in [-0.2, -0.15) is 0 Å². The Kier molecular flexibility index (Phi) is 6.90. The minimum atomic E-state index is -0.731. The fourth-order valence-electron chi connectivity index (χ4n) is 3.18. The summed E-state index contributed by atoms with van der Waals surface area (Å²) in [6.45, 7) is 2.59. The van der Waals surface area contributed by atoms with Crippen molar-refractivity contribution >= 4 is 57.5 Å². The van der Waals surface area contributed by atoms with Crippen molar-refractivity contribution in [3.63, 3.8) is 0 Å². The van der Waals surface area contributed by atoms with E-state index in [2.05, 4.69) is 20.8 Å². The number of nitrogens with zero attached hydrogens (tertiary/aromatic N) is 2. The summed E-state index contributed by atoms with van der Waals surface area (Å²) in [5.41, 5.74) is 2.66. The second kappa shape index (κ2) is 10.0. The molecule has 2 N–H and O–H groups in total. The molecule has 4 rings (SSSR count). The van der Waals surface area contributed by atoms with E-state index >= 15 is 0 Å². The van der Waals surface area contributed by atoms with E-state index < -0.39 is 24.4 Å². The Labute approximate surface area is 203 Å². The summed E-state index contributed by atoms with van der Waals surface area (Å²) in [4.78, 5) is 42.4. The molecule has 0 bridgehead atoms. The van der Waals surface area contributed by atoms with E-state index in [1.54, 1.807) is 38.1 Å². The SMILES string of the molecule is Cc1c(Cl)cccc1NC(=O)CNC(=O)COC(=O)c1cc(-c2cccs2)nc2onc(C)c12. The molecular weight excluding hydrogens is 480 g/mol. The summed E-state index contributed by atoms with van der Waals surface area (Å²) >= 11 is 7.50. The number of nitrogens with one attached hydrogen (secondary N) is 2. The van der Waals surface area contributed by atoms with Crippen LogP contribution in [0.25, 0.3) is 21.7 Å². The molecule has 9 nitrogen and oxygen atoms in total. The van der Waals surface area contributed by atoms with Gasteiger partial charge < -0.3 is 19.9 Å². The number of pyridine rings is 1. The van der Waals surface area contributed by atoms with Gasteiger partial charge in [0, 0.05) is 10.7 Å². The van der Waals surface area contributed by atoms with E-state index in [0.717, 1.165) is 4.88 Å². The third kappa shape index (κ3) is 5.08. The number of hydrogen-bond acceptors (Lipinski definition) is 8. The lowest BCUT2D eigenvalue weighted by molar-refractivity contribution is -0.126. The molecule has 1 aromatic carbocycles. The number of ether oxygens (including phenoxy) is 1. The lowest BCUT2D eigenvalue weighted by Crippen LogP contribution is -2.35. The topological polar surface area (TPSA) is 123 Å². The van der Waals surface area contributed by atoms with Crippen LogP contribution in [0, 0.1) is 13.8 Å². The molecule has 0 unspecified atom stereocenters. The highest BCUT2D eigenvalue weighted by atomic mass is 35.5. The van der Waals surface area contributed by atoms with Crippen molar-refractivity contribution in [2.45, 2.75) is 13.8 Å². The average Bonchev–Trinajstić information content (AvgIpc) is 3.49. The van der Waals surface area contributed by atoms with Crippen LogP contribution in [0.15, 0.2) is 46.3 Å². The number of carbonyl (C=O) groups is 3. The maximum Gasteiger partial charge on any atom is 0.339 e. The van der Waals surface area contributed by atoms with Crippen LogP contribution in [0.1, 0.15) is 21.6 Å². The third-order valence-electron chi connectivity index (χ3n) is 4.93. The zero-order valence-corrected chi connectivity index (χ0v) is 19.7. The second-order valence-corrected chi connectivity index (χ2v) is 8.65. The highest BCUT2D eigenvalue weighted by molar-refractivity contribution is 7.13. The molecule has 0 aliphatic carbocycles. The van der Waals surface area contributed by atoms with Gasteiger partial charge in [-0.1, -0.05) is 28.9 Å². The number of hydrogen-bond donors (Lipinski definition) is 2. The summed E-state index contributed by atoms with van der Waals surface area (Å²) in [5.74, 6) is -1.80. The van der Waals surface area contributed by atoms with E-state index in [1.165, 1.54) is 11.3 Å². The smallest absolute Gasteiger partial charge is 0.339 e. The van der Waals surface area contributed by atoms with Gasteiger partial charge in [-0.15, -0.1) is 11.3 Å². The molecule has 0 saturated carbocycles. The molecule has 34 heavy (non-hydrogen) atoms. The number of fused-ring (bicyclic) bond motifs is 1. The second-order valence-electron chi connectivity index (χ2n) is 7.29. The van der Waals surface area contributed by atoms with Crippen molar-refractivity contribution in [1.29, 1.82) is 0 Å². The fourth-order valence-corrected chi connectivity index (χ4v) is 4.04. The number of amides is 2. The summed E-state index contributed by atoms with van der Waals surface area (Å²) in [6, 6.07) is 10.4. The zero-order valence-electron chi connectivity index (χ0n) is 18.2. The fraction of sp³-hybridized carbons (Fsp3) is 0.174. The number of esters is 1. The van der Waals surface area contributed by atoms with E-state index in [9.17, 15) is 14.4 Å². The van der Waals surface area contributed by atoms with Gasteiger partial charge in [0.25, 0.3) is 11.6 Å². The number of anilines is 1. The standard InChI is InChI=1S/C23H19ClN4O5S/c1-12-15(24)5-3-6-16(12)26-19(29)10-25-20(30)11-32-23(31)14-9-17(18-7-4-8-34-18)27-22-21(14)13(2)28-33-22/h3-9H,10-11H2,1-2H3,(H,25,30)(H,26,29).